The number of hydrogen-bond acceptors (Lipinski definition) is 4. The highest BCUT2D eigenvalue weighted by molar-refractivity contribution is 7.97. The molecule has 0 aliphatic heterocycles. The molecule has 2 aromatic rings. The van der Waals surface area contributed by atoms with Crippen LogP contribution < -0.4 is 0 Å². The Balaban J connectivity index is 2.42. The van der Waals surface area contributed by atoms with Crippen molar-refractivity contribution in [1.82, 2.24) is 9.29 Å². The van der Waals surface area contributed by atoms with Gasteiger partial charge in [-0.05, 0) is 24.1 Å². The predicted molar refractivity (Wildman–Crippen MR) is 82.3 cm³/mol. The smallest absolute Gasteiger partial charge is 0.262 e. The fraction of sp³-hybridized carbons (Fsp3) is 0.250. The highest BCUT2D eigenvalue weighted by Gasteiger charge is 2.46. The van der Waals surface area contributed by atoms with Gasteiger partial charge in [0.2, 0.25) is 0 Å². The van der Waals surface area contributed by atoms with Gasteiger partial charge < -0.3 is 0 Å². The van der Waals surface area contributed by atoms with E-state index in [1.807, 2.05) is 6.07 Å². The molecule has 1 aromatic carbocycles. The van der Waals surface area contributed by atoms with Gasteiger partial charge in [-0.2, -0.15) is 18.4 Å². The van der Waals surface area contributed by atoms with E-state index < -0.39 is 29.4 Å². The molecule has 0 unspecified atom stereocenters. The van der Waals surface area contributed by atoms with E-state index in [9.17, 15) is 22.0 Å². The maximum absolute atomic E-state index is 14.0. The third-order valence-electron chi connectivity index (χ3n) is 3.23. The topological polar surface area (TPSA) is 39.9 Å². The van der Waals surface area contributed by atoms with Crippen LogP contribution in [-0.2, 0) is 0 Å². The van der Waals surface area contributed by atoms with E-state index in [1.54, 1.807) is 0 Å². The minimum atomic E-state index is -4.79. The lowest BCUT2D eigenvalue weighted by molar-refractivity contribution is -0.172. The molecule has 0 spiro atoms. The van der Waals surface area contributed by atoms with Crippen LogP contribution in [0, 0.1) is 23.0 Å². The first-order valence-corrected chi connectivity index (χ1v) is 7.85. The number of benzene rings is 1. The summed E-state index contributed by atoms with van der Waals surface area (Å²) in [5.41, 5.74) is -0.481. The molecule has 1 aromatic heterocycles. The molecule has 0 bridgehead atoms. The normalized spacial score (nSPS) is 12.9. The standard InChI is InChI=1S/C16H12F5N3S/c1-2-24(25-12-5-10(7-22)8-23-9-12)15(16(19,20)21)13-4-3-11(17)6-14(13)18/h3-6,8-9,15H,2H2,1H3/t15-/m1/s1. The average molecular weight is 373 g/mol. The van der Waals surface area contributed by atoms with E-state index in [1.165, 1.54) is 25.4 Å². The summed E-state index contributed by atoms with van der Waals surface area (Å²) >= 11 is 0.700. The van der Waals surface area contributed by atoms with Crippen LogP contribution in [0.1, 0.15) is 24.1 Å². The molecule has 9 heteroatoms. The first-order valence-electron chi connectivity index (χ1n) is 7.07. The number of alkyl halides is 3. The van der Waals surface area contributed by atoms with Crippen molar-refractivity contribution < 1.29 is 22.0 Å². The van der Waals surface area contributed by atoms with Crippen LogP contribution in [0.25, 0.3) is 0 Å². The van der Waals surface area contributed by atoms with Gasteiger partial charge >= 0.3 is 6.18 Å². The third-order valence-corrected chi connectivity index (χ3v) is 4.37. The van der Waals surface area contributed by atoms with Gasteiger partial charge in [0.1, 0.15) is 23.7 Å². The van der Waals surface area contributed by atoms with Gasteiger partial charge in [-0.15, -0.1) is 0 Å². The maximum atomic E-state index is 14.0. The minimum absolute atomic E-state index is 0.0809. The lowest BCUT2D eigenvalue weighted by atomic mass is 10.1. The molecule has 2 rings (SSSR count). The summed E-state index contributed by atoms with van der Waals surface area (Å²) in [5, 5.41) is 8.85. The van der Waals surface area contributed by atoms with Crippen molar-refractivity contribution in [3.05, 3.63) is 59.4 Å². The van der Waals surface area contributed by atoms with E-state index in [0.717, 1.165) is 16.4 Å². The second kappa shape index (κ2) is 7.80. The summed E-state index contributed by atoms with van der Waals surface area (Å²) < 4.78 is 68.7. The van der Waals surface area contributed by atoms with Gasteiger partial charge in [0.05, 0.1) is 5.56 Å². The van der Waals surface area contributed by atoms with Crippen molar-refractivity contribution in [3.8, 4) is 6.07 Å². The molecule has 0 saturated heterocycles. The zero-order chi connectivity index (χ0) is 18.6. The zero-order valence-corrected chi connectivity index (χ0v) is 13.7. The highest BCUT2D eigenvalue weighted by Crippen LogP contribution is 2.43. The number of hydrogen-bond donors (Lipinski definition) is 0. The van der Waals surface area contributed by atoms with Crippen molar-refractivity contribution >= 4 is 11.9 Å². The SMILES string of the molecule is CCN(Sc1cncc(C#N)c1)[C@H](c1ccc(F)cc1F)C(F)(F)F. The molecule has 0 radical (unpaired) electrons. The predicted octanol–water partition coefficient (Wildman–Crippen LogP) is 4.86. The molecule has 0 N–H and O–H groups in total. The number of pyridine rings is 1. The lowest BCUT2D eigenvalue weighted by Crippen LogP contribution is -2.35. The van der Waals surface area contributed by atoms with Gasteiger partial charge in [-0.1, -0.05) is 13.0 Å². The van der Waals surface area contributed by atoms with Crippen molar-refractivity contribution in [3.63, 3.8) is 0 Å². The number of nitriles is 1. The van der Waals surface area contributed by atoms with Crippen LogP contribution in [-0.4, -0.2) is 22.0 Å². The Morgan fingerprint density at radius 1 is 1.24 bits per heavy atom. The summed E-state index contributed by atoms with van der Waals surface area (Å²) in [7, 11) is 0. The quantitative estimate of drug-likeness (QED) is 0.554. The number of nitrogens with zero attached hydrogens (tertiary/aromatic N) is 3. The maximum Gasteiger partial charge on any atom is 0.409 e. The molecule has 1 atom stereocenters. The fourth-order valence-corrected chi connectivity index (χ4v) is 3.21. The van der Waals surface area contributed by atoms with Crippen LogP contribution in [0.3, 0.4) is 0 Å². The molecule has 132 valence electrons. The Morgan fingerprint density at radius 2 is 1.96 bits per heavy atom. The minimum Gasteiger partial charge on any atom is -0.262 e. The van der Waals surface area contributed by atoms with Crippen LogP contribution >= 0.6 is 11.9 Å². The van der Waals surface area contributed by atoms with E-state index in [2.05, 4.69) is 4.98 Å². The van der Waals surface area contributed by atoms with Gasteiger partial charge in [0.25, 0.3) is 0 Å². The van der Waals surface area contributed by atoms with Crippen molar-refractivity contribution in [1.29, 1.82) is 5.26 Å². The zero-order valence-electron chi connectivity index (χ0n) is 12.9. The molecule has 1 heterocycles. The van der Waals surface area contributed by atoms with Gasteiger partial charge in [0.15, 0.2) is 0 Å². The molecule has 0 saturated carbocycles. The van der Waals surface area contributed by atoms with Gasteiger partial charge in [0, 0.05) is 35.5 Å². The fourth-order valence-electron chi connectivity index (χ4n) is 2.18. The summed E-state index contributed by atoms with van der Waals surface area (Å²) in [6.07, 6.45) is -2.20. The van der Waals surface area contributed by atoms with Crippen LogP contribution in [0.15, 0.2) is 41.6 Å². The van der Waals surface area contributed by atoms with Crippen LogP contribution in [0.2, 0.25) is 0 Å². The largest absolute Gasteiger partial charge is 0.409 e. The summed E-state index contributed by atoms with van der Waals surface area (Å²) in [5.74, 6) is -2.23. The third kappa shape index (κ3) is 4.67. The Kier molecular flexibility index (Phi) is 5.98. The number of aromatic nitrogens is 1. The molecule has 0 fully saturated rings. The Hall–Kier alpha value is -2.18. The Bertz CT molecular complexity index is 788. The van der Waals surface area contributed by atoms with Gasteiger partial charge in [-0.25, -0.2) is 13.1 Å². The summed E-state index contributed by atoms with van der Waals surface area (Å²) in [4.78, 5) is 4.09. The lowest BCUT2D eigenvalue weighted by Gasteiger charge is -2.31. The summed E-state index contributed by atoms with van der Waals surface area (Å²) in [6.45, 7) is 1.40. The molecular formula is C16H12F5N3S. The second-order valence-electron chi connectivity index (χ2n) is 4.96. The van der Waals surface area contributed by atoms with E-state index >= 15 is 0 Å². The van der Waals surface area contributed by atoms with E-state index in [4.69, 9.17) is 5.26 Å². The van der Waals surface area contributed by atoms with E-state index in [-0.39, 0.29) is 12.1 Å². The van der Waals surface area contributed by atoms with Gasteiger partial charge in [-0.3, -0.25) is 4.98 Å². The molecule has 25 heavy (non-hydrogen) atoms. The molecule has 0 aliphatic carbocycles. The van der Waals surface area contributed by atoms with Crippen molar-refractivity contribution in [2.24, 2.45) is 0 Å². The molecule has 0 amide bonds. The van der Waals surface area contributed by atoms with Crippen molar-refractivity contribution in [2.75, 3.05) is 6.54 Å². The van der Waals surface area contributed by atoms with Crippen molar-refractivity contribution in [2.45, 2.75) is 24.0 Å². The first kappa shape index (κ1) is 19.1. The highest BCUT2D eigenvalue weighted by atomic mass is 32.2. The molecule has 0 aliphatic rings. The second-order valence-corrected chi connectivity index (χ2v) is 6.08. The molecular weight excluding hydrogens is 361 g/mol. The molecule has 3 nitrogen and oxygen atoms in total. The summed E-state index contributed by atoms with van der Waals surface area (Å²) in [6, 6.07) is 2.94. The number of rotatable bonds is 5. The monoisotopic (exact) mass is 373 g/mol. The number of halogens is 5. The van der Waals surface area contributed by atoms with Crippen LogP contribution in [0.4, 0.5) is 22.0 Å². The first-order chi connectivity index (χ1) is 11.8. The Labute approximate surface area is 145 Å². The average Bonchev–Trinajstić information content (AvgIpc) is 2.55. The van der Waals surface area contributed by atoms with E-state index in [0.29, 0.717) is 22.9 Å². The Morgan fingerprint density at radius 3 is 2.52 bits per heavy atom. The van der Waals surface area contributed by atoms with Crippen LogP contribution in [0.5, 0.6) is 0 Å².